The van der Waals surface area contributed by atoms with Crippen molar-refractivity contribution in [3.05, 3.63) is 170 Å². The fraction of sp³-hybridized carbons (Fsp3) is 0.103. The van der Waals surface area contributed by atoms with Gasteiger partial charge in [0, 0.05) is 32.9 Å². The molecule has 0 amide bonds. The van der Waals surface area contributed by atoms with Crippen LogP contribution in [0.15, 0.2) is 170 Å². The van der Waals surface area contributed by atoms with Crippen LogP contribution in [0.4, 0.5) is 0 Å². The third-order valence-electron chi connectivity index (χ3n) is 12.5. The number of hydrogen-bond donors (Lipinski definition) is 2. The standard InChI is InChI=1S/C58H48N2O6/c1-61-43-19-7-35(8-20-43)41-31-49(37-11-23-45(63-3)24-12-37)55-51(33-41)59-57(53(55)39-15-27-47(65-5)28-16-39)58-54(40-17-29-48(66-6)30-18-40)56-50(38-13-25-46(64-4)26-14-38)32-42(34-52(56)60-58)36-9-21-44(62-2)22-10-36/h7-34,59-60H,1-6H3. The third-order valence-corrected chi connectivity index (χ3v) is 12.5. The first-order valence-corrected chi connectivity index (χ1v) is 21.7. The van der Waals surface area contributed by atoms with Crippen molar-refractivity contribution >= 4 is 21.8 Å². The molecule has 0 aliphatic rings. The number of ether oxygens (including phenoxy) is 6. The number of hydrogen-bond acceptors (Lipinski definition) is 6. The van der Waals surface area contributed by atoms with Crippen molar-refractivity contribution in [1.82, 2.24) is 9.97 Å². The fourth-order valence-corrected chi connectivity index (χ4v) is 9.03. The SMILES string of the molecule is COc1ccc(-c2cc(-c3ccc(OC)cc3)c3c(-c4ccc(OC)cc4)c(-c4[nH]c5cc(-c6ccc(OC)cc6)cc(-c6ccc(OC)cc6)c5c4-c4ccc(OC)cc4)[nH]c3c2)cc1. The Morgan fingerprint density at radius 3 is 0.758 bits per heavy atom. The van der Waals surface area contributed by atoms with Crippen LogP contribution in [0.25, 0.3) is 100.0 Å². The van der Waals surface area contributed by atoms with E-state index in [-0.39, 0.29) is 0 Å². The van der Waals surface area contributed by atoms with Crippen LogP contribution in [0.1, 0.15) is 0 Å². The molecule has 8 aromatic carbocycles. The summed E-state index contributed by atoms with van der Waals surface area (Å²) in [6.07, 6.45) is 0. The Kier molecular flexibility index (Phi) is 11.1. The largest absolute Gasteiger partial charge is 0.497 e. The summed E-state index contributed by atoms with van der Waals surface area (Å²) in [5, 5.41) is 2.15. The van der Waals surface area contributed by atoms with Gasteiger partial charge in [-0.3, -0.25) is 0 Å². The molecule has 0 unspecified atom stereocenters. The summed E-state index contributed by atoms with van der Waals surface area (Å²) < 4.78 is 33.7. The Labute approximate surface area is 383 Å². The molecule has 0 radical (unpaired) electrons. The zero-order valence-electron chi connectivity index (χ0n) is 37.6. The van der Waals surface area contributed by atoms with Crippen molar-refractivity contribution in [2.75, 3.05) is 42.7 Å². The molecule has 66 heavy (non-hydrogen) atoms. The number of benzene rings is 8. The van der Waals surface area contributed by atoms with E-state index in [1.165, 1.54) is 0 Å². The second-order valence-corrected chi connectivity index (χ2v) is 16.0. The van der Waals surface area contributed by atoms with Gasteiger partial charge in [0.1, 0.15) is 34.5 Å². The van der Waals surface area contributed by atoms with E-state index >= 15 is 0 Å². The first kappa shape index (κ1) is 41.6. The Hall–Kier alpha value is -8.36. The first-order chi connectivity index (χ1) is 32.4. The highest BCUT2D eigenvalue weighted by molar-refractivity contribution is 6.17. The lowest BCUT2D eigenvalue weighted by atomic mass is 9.89. The van der Waals surface area contributed by atoms with Gasteiger partial charge >= 0.3 is 0 Å². The Morgan fingerprint density at radius 1 is 0.258 bits per heavy atom. The molecule has 2 N–H and O–H groups in total. The molecule has 0 saturated carbocycles. The lowest BCUT2D eigenvalue weighted by Crippen LogP contribution is -1.90. The van der Waals surface area contributed by atoms with Crippen LogP contribution < -0.4 is 28.4 Å². The number of H-pyrrole nitrogens is 2. The van der Waals surface area contributed by atoms with Gasteiger partial charge in [-0.05, 0) is 153 Å². The molecule has 0 aliphatic heterocycles. The van der Waals surface area contributed by atoms with E-state index < -0.39 is 0 Å². The van der Waals surface area contributed by atoms with Crippen molar-refractivity contribution in [3.63, 3.8) is 0 Å². The average molecular weight is 869 g/mol. The fourth-order valence-electron chi connectivity index (χ4n) is 9.03. The van der Waals surface area contributed by atoms with Crippen molar-refractivity contribution in [3.8, 4) is 113 Å². The monoisotopic (exact) mass is 868 g/mol. The molecule has 0 aliphatic carbocycles. The van der Waals surface area contributed by atoms with Crippen molar-refractivity contribution in [1.29, 1.82) is 0 Å². The third kappa shape index (κ3) is 7.62. The highest BCUT2D eigenvalue weighted by Crippen LogP contribution is 2.51. The van der Waals surface area contributed by atoms with Crippen LogP contribution in [0.5, 0.6) is 34.5 Å². The summed E-state index contributed by atoms with van der Waals surface area (Å²) in [6, 6.07) is 58.7. The Bertz CT molecular complexity index is 3090. The number of aromatic nitrogens is 2. The minimum atomic E-state index is 0.775. The van der Waals surface area contributed by atoms with E-state index in [4.69, 9.17) is 28.4 Å². The lowest BCUT2D eigenvalue weighted by Gasteiger charge is -2.14. The van der Waals surface area contributed by atoms with Gasteiger partial charge in [0.05, 0.1) is 54.0 Å². The molecule has 10 aromatic rings. The van der Waals surface area contributed by atoms with E-state index in [2.05, 4.69) is 107 Å². The second-order valence-electron chi connectivity index (χ2n) is 16.0. The van der Waals surface area contributed by atoms with Crippen molar-refractivity contribution in [2.24, 2.45) is 0 Å². The van der Waals surface area contributed by atoms with Gasteiger partial charge in [-0.15, -0.1) is 0 Å². The van der Waals surface area contributed by atoms with Crippen LogP contribution >= 0.6 is 0 Å². The van der Waals surface area contributed by atoms with E-state index in [0.717, 1.165) is 134 Å². The van der Waals surface area contributed by atoms with Gasteiger partial charge in [-0.25, -0.2) is 0 Å². The number of nitrogens with one attached hydrogen (secondary N) is 2. The quantitative estimate of drug-likeness (QED) is 0.120. The average Bonchev–Trinajstić information content (AvgIpc) is 3.97. The minimum Gasteiger partial charge on any atom is -0.497 e. The second kappa shape index (κ2) is 17.7. The molecule has 8 heteroatoms. The Morgan fingerprint density at radius 2 is 0.500 bits per heavy atom. The summed E-state index contributed by atoms with van der Waals surface area (Å²) in [7, 11) is 10.2. The van der Waals surface area contributed by atoms with E-state index in [1.54, 1.807) is 42.7 Å². The maximum Gasteiger partial charge on any atom is 0.118 e. The summed E-state index contributed by atoms with van der Waals surface area (Å²) in [5.74, 6) is 4.72. The maximum absolute atomic E-state index is 5.69. The van der Waals surface area contributed by atoms with Gasteiger partial charge in [0.25, 0.3) is 0 Å². The molecule has 0 spiro atoms. The summed E-state index contributed by atoms with van der Waals surface area (Å²) in [6.45, 7) is 0. The molecular formula is C58H48N2O6. The molecule has 0 fully saturated rings. The lowest BCUT2D eigenvalue weighted by molar-refractivity contribution is 0.415. The molecule has 326 valence electrons. The van der Waals surface area contributed by atoms with Gasteiger partial charge in [0.15, 0.2) is 0 Å². The normalized spacial score (nSPS) is 11.2. The van der Waals surface area contributed by atoms with Gasteiger partial charge in [-0.1, -0.05) is 72.8 Å². The molecule has 2 aromatic heterocycles. The smallest absolute Gasteiger partial charge is 0.118 e. The van der Waals surface area contributed by atoms with E-state index in [1.807, 2.05) is 72.8 Å². The zero-order chi connectivity index (χ0) is 45.3. The highest BCUT2D eigenvalue weighted by atomic mass is 16.5. The predicted molar refractivity (Wildman–Crippen MR) is 268 cm³/mol. The zero-order valence-corrected chi connectivity index (χ0v) is 37.6. The van der Waals surface area contributed by atoms with Gasteiger partial charge in [-0.2, -0.15) is 0 Å². The molecule has 0 bridgehead atoms. The topological polar surface area (TPSA) is 87.0 Å². The summed E-state index contributed by atoms with van der Waals surface area (Å²) in [4.78, 5) is 8.07. The minimum absolute atomic E-state index is 0.775. The summed E-state index contributed by atoms with van der Waals surface area (Å²) >= 11 is 0. The van der Waals surface area contributed by atoms with Crippen LogP contribution in [0, 0.1) is 0 Å². The maximum atomic E-state index is 5.69. The highest BCUT2D eigenvalue weighted by Gasteiger charge is 2.27. The van der Waals surface area contributed by atoms with E-state index in [0.29, 0.717) is 0 Å². The van der Waals surface area contributed by atoms with Crippen LogP contribution in [-0.4, -0.2) is 52.6 Å². The first-order valence-electron chi connectivity index (χ1n) is 21.7. The number of rotatable bonds is 13. The van der Waals surface area contributed by atoms with Crippen molar-refractivity contribution in [2.45, 2.75) is 0 Å². The number of fused-ring (bicyclic) bond motifs is 2. The van der Waals surface area contributed by atoms with E-state index in [9.17, 15) is 0 Å². The number of methoxy groups -OCH3 is 6. The van der Waals surface area contributed by atoms with Crippen LogP contribution in [-0.2, 0) is 0 Å². The molecule has 0 atom stereocenters. The summed E-state index contributed by atoms with van der Waals surface area (Å²) in [5.41, 5.74) is 16.4. The molecular weight excluding hydrogens is 821 g/mol. The molecule has 2 heterocycles. The predicted octanol–water partition coefficient (Wildman–Crippen LogP) is 14.4. The van der Waals surface area contributed by atoms with Crippen LogP contribution in [0.2, 0.25) is 0 Å². The Balaban J connectivity index is 1.34. The molecule has 8 nitrogen and oxygen atoms in total. The van der Waals surface area contributed by atoms with Gasteiger partial charge in [0.2, 0.25) is 0 Å². The van der Waals surface area contributed by atoms with Crippen molar-refractivity contribution < 1.29 is 28.4 Å². The van der Waals surface area contributed by atoms with Crippen LogP contribution in [0.3, 0.4) is 0 Å². The van der Waals surface area contributed by atoms with Gasteiger partial charge < -0.3 is 38.4 Å². The molecule has 0 saturated heterocycles. The number of aromatic amines is 2. The molecule has 10 rings (SSSR count).